The molecule has 1 aromatic carbocycles. The molecule has 0 heterocycles. The second-order valence-electron chi connectivity index (χ2n) is 4.67. The van der Waals surface area contributed by atoms with Crippen molar-refractivity contribution >= 4 is 8.24 Å². The van der Waals surface area contributed by atoms with Gasteiger partial charge in [0.2, 0.25) is 0 Å². The number of benzene rings is 1. The van der Waals surface area contributed by atoms with Crippen LogP contribution in [0.3, 0.4) is 0 Å². The monoisotopic (exact) mass is 207 g/mol. The number of hydrogen-bond donors (Lipinski definition) is 0. The second kappa shape index (κ2) is 4.76. The van der Waals surface area contributed by atoms with Crippen molar-refractivity contribution in [3.8, 4) is 0 Å². The lowest BCUT2D eigenvalue weighted by atomic mass is 10.2. The Labute approximate surface area is 88.8 Å². The number of rotatable bonds is 4. The molecule has 2 heteroatoms. The summed E-state index contributed by atoms with van der Waals surface area (Å²) in [5.41, 5.74) is 1.43. The van der Waals surface area contributed by atoms with Gasteiger partial charge in [0.1, 0.15) is 8.24 Å². The first-order valence-corrected chi connectivity index (χ1v) is 8.77. The molecule has 0 aliphatic heterocycles. The Bertz CT molecular complexity index is 263. The molecular weight excluding hydrogens is 186 g/mol. The Morgan fingerprint density at radius 2 is 1.64 bits per heavy atom. The fraction of sp³-hybridized carbons (Fsp3) is 0.500. The van der Waals surface area contributed by atoms with Crippen LogP contribution in [0.15, 0.2) is 30.3 Å². The van der Waals surface area contributed by atoms with Crippen molar-refractivity contribution in [2.75, 3.05) is 6.54 Å². The van der Waals surface area contributed by atoms with Gasteiger partial charge in [-0.25, -0.2) is 0 Å². The first kappa shape index (κ1) is 11.5. The molecule has 1 aromatic rings. The van der Waals surface area contributed by atoms with E-state index in [0.717, 1.165) is 13.1 Å². The molecule has 0 bridgehead atoms. The highest BCUT2D eigenvalue weighted by atomic mass is 28.3. The maximum Gasteiger partial charge on any atom is 0.119 e. The van der Waals surface area contributed by atoms with E-state index in [1.807, 2.05) is 0 Å². The predicted molar refractivity (Wildman–Crippen MR) is 65.9 cm³/mol. The highest BCUT2D eigenvalue weighted by Gasteiger charge is 2.21. The van der Waals surface area contributed by atoms with Gasteiger partial charge in [-0.2, -0.15) is 0 Å². The second-order valence-corrected chi connectivity index (χ2v) is 9.64. The molecular formula is C12H21NSi. The molecule has 0 aliphatic carbocycles. The Morgan fingerprint density at radius 3 is 2.07 bits per heavy atom. The standard InChI is InChI=1S/C12H21NSi/c1-5-13(14(2,3)4)11-12-9-7-6-8-10-12/h6-10H,5,11H2,1-4H3. The van der Waals surface area contributed by atoms with Crippen LogP contribution in [0.1, 0.15) is 12.5 Å². The van der Waals surface area contributed by atoms with Crippen LogP contribution in [0.25, 0.3) is 0 Å². The Balaban J connectivity index is 2.67. The van der Waals surface area contributed by atoms with Gasteiger partial charge >= 0.3 is 0 Å². The van der Waals surface area contributed by atoms with Crippen molar-refractivity contribution in [3.05, 3.63) is 35.9 Å². The minimum Gasteiger partial charge on any atom is -0.320 e. The lowest BCUT2D eigenvalue weighted by Gasteiger charge is -2.33. The summed E-state index contributed by atoms with van der Waals surface area (Å²) in [4.78, 5) is 0. The van der Waals surface area contributed by atoms with Crippen LogP contribution in [0.4, 0.5) is 0 Å². The third-order valence-electron chi connectivity index (χ3n) is 2.55. The average Bonchev–Trinajstić information content (AvgIpc) is 2.14. The van der Waals surface area contributed by atoms with E-state index in [4.69, 9.17) is 0 Å². The smallest absolute Gasteiger partial charge is 0.119 e. The molecule has 0 amide bonds. The van der Waals surface area contributed by atoms with E-state index < -0.39 is 8.24 Å². The topological polar surface area (TPSA) is 3.24 Å². The largest absolute Gasteiger partial charge is 0.320 e. The molecule has 0 aliphatic rings. The van der Waals surface area contributed by atoms with Gasteiger partial charge in [-0.3, -0.25) is 0 Å². The highest BCUT2D eigenvalue weighted by molar-refractivity contribution is 6.73. The van der Waals surface area contributed by atoms with Crippen molar-refractivity contribution in [3.63, 3.8) is 0 Å². The quantitative estimate of drug-likeness (QED) is 0.684. The summed E-state index contributed by atoms with van der Waals surface area (Å²) in [6, 6.07) is 10.7. The van der Waals surface area contributed by atoms with Crippen LogP contribution in [0.2, 0.25) is 19.6 Å². The van der Waals surface area contributed by atoms with Gasteiger partial charge in [-0.05, 0) is 12.1 Å². The number of nitrogens with zero attached hydrogens (tertiary/aromatic N) is 1. The van der Waals surface area contributed by atoms with Gasteiger partial charge in [0.15, 0.2) is 0 Å². The summed E-state index contributed by atoms with van der Waals surface area (Å²) in [6.45, 7) is 11.7. The van der Waals surface area contributed by atoms with Gasteiger partial charge in [0.05, 0.1) is 0 Å². The van der Waals surface area contributed by atoms with Gasteiger partial charge < -0.3 is 4.57 Å². The van der Waals surface area contributed by atoms with Crippen LogP contribution < -0.4 is 0 Å². The summed E-state index contributed by atoms with van der Waals surface area (Å²) < 4.78 is 2.61. The maximum absolute atomic E-state index is 2.61. The van der Waals surface area contributed by atoms with Gasteiger partial charge in [-0.1, -0.05) is 56.9 Å². The van der Waals surface area contributed by atoms with Crippen LogP contribution in [-0.4, -0.2) is 19.3 Å². The van der Waals surface area contributed by atoms with Crippen molar-refractivity contribution < 1.29 is 0 Å². The molecule has 0 aromatic heterocycles. The van der Waals surface area contributed by atoms with Crippen LogP contribution in [-0.2, 0) is 6.54 Å². The molecule has 0 radical (unpaired) electrons. The fourth-order valence-electron chi connectivity index (χ4n) is 1.63. The zero-order valence-electron chi connectivity index (χ0n) is 9.75. The summed E-state index contributed by atoms with van der Waals surface area (Å²) in [7, 11) is -1.14. The van der Waals surface area contributed by atoms with E-state index in [1.54, 1.807) is 0 Å². The van der Waals surface area contributed by atoms with Crippen molar-refractivity contribution in [1.82, 2.24) is 4.57 Å². The fourth-order valence-corrected chi connectivity index (χ4v) is 3.23. The Morgan fingerprint density at radius 1 is 1.07 bits per heavy atom. The average molecular weight is 207 g/mol. The lowest BCUT2D eigenvalue weighted by molar-refractivity contribution is 0.440. The minimum absolute atomic E-state index is 1.10. The lowest BCUT2D eigenvalue weighted by Crippen LogP contribution is -2.45. The summed E-state index contributed by atoms with van der Waals surface area (Å²) in [5.74, 6) is 0. The van der Waals surface area contributed by atoms with Crippen molar-refractivity contribution in [2.24, 2.45) is 0 Å². The predicted octanol–water partition coefficient (Wildman–Crippen LogP) is 3.34. The summed E-state index contributed by atoms with van der Waals surface area (Å²) in [5, 5.41) is 0. The summed E-state index contributed by atoms with van der Waals surface area (Å²) >= 11 is 0. The zero-order valence-corrected chi connectivity index (χ0v) is 10.7. The first-order valence-electron chi connectivity index (χ1n) is 5.33. The van der Waals surface area contributed by atoms with Crippen molar-refractivity contribution in [2.45, 2.75) is 33.1 Å². The molecule has 14 heavy (non-hydrogen) atoms. The molecule has 1 rings (SSSR count). The molecule has 0 saturated heterocycles. The molecule has 0 N–H and O–H groups in total. The molecule has 1 nitrogen and oxygen atoms in total. The first-order chi connectivity index (χ1) is 6.54. The zero-order chi connectivity index (χ0) is 10.6. The Kier molecular flexibility index (Phi) is 3.90. The highest BCUT2D eigenvalue weighted by Crippen LogP contribution is 2.13. The van der Waals surface area contributed by atoms with Gasteiger partial charge in [0, 0.05) is 6.54 Å². The van der Waals surface area contributed by atoms with E-state index in [2.05, 4.69) is 61.5 Å². The SMILES string of the molecule is CCN(Cc1ccccc1)[Si](C)(C)C. The number of hydrogen-bond acceptors (Lipinski definition) is 1. The third-order valence-corrected chi connectivity index (χ3v) is 4.92. The van der Waals surface area contributed by atoms with Crippen molar-refractivity contribution in [1.29, 1.82) is 0 Å². The molecule has 0 atom stereocenters. The third kappa shape index (κ3) is 3.27. The Hall–Kier alpha value is -0.603. The van der Waals surface area contributed by atoms with Crippen LogP contribution in [0, 0.1) is 0 Å². The van der Waals surface area contributed by atoms with E-state index in [-0.39, 0.29) is 0 Å². The summed E-state index contributed by atoms with van der Waals surface area (Å²) in [6.07, 6.45) is 0. The molecule has 78 valence electrons. The minimum atomic E-state index is -1.14. The van der Waals surface area contributed by atoms with E-state index >= 15 is 0 Å². The van der Waals surface area contributed by atoms with E-state index in [9.17, 15) is 0 Å². The van der Waals surface area contributed by atoms with Gasteiger partial charge in [0.25, 0.3) is 0 Å². The molecule has 0 spiro atoms. The normalized spacial score (nSPS) is 12.1. The molecule has 0 saturated carbocycles. The van der Waals surface area contributed by atoms with E-state index in [1.165, 1.54) is 5.56 Å². The van der Waals surface area contributed by atoms with Gasteiger partial charge in [-0.15, -0.1) is 0 Å². The van der Waals surface area contributed by atoms with E-state index in [0.29, 0.717) is 0 Å². The molecule has 0 fully saturated rings. The van der Waals surface area contributed by atoms with Crippen LogP contribution >= 0.6 is 0 Å². The maximum atomic E-state index is 2.61. The molecule has 0 unspecified atom stereocenters. The van der Waals surface area contributed by atoms with Crippen LogP contribution in [0.5, 0.6) is 0 Å².